The Balaban J connectivity index is 2.45. The summed E-state index contributed by atoms with van der Waals surface area (Å²) in [7, 11) is 0. The van der Waals surface area contributed by atoms with Crippen molar-refractivity contribution in [3.63, 3.8) is 0 Å². The van der Waals surface area contributed by atoms with Crippen LogP contribution in [0.4, 0.5) is 5.69 Å². The van der Waals surface area contributed by atoms with Crippen LogP contribution in [0.25, 0.3) is 5.69 Å². The van der Waals surface area contributed by atoms with Crippen molar-refractivity contribution in [2.75, 3.05) is 10.6 Å². The van der Waals surface area contributed by atoms with Crippen molar-refractivity contribution in [3.8, 4) is 5.69 Å². The lowest BCUT2D eigenvalue weighted by Crippen LogP contribution is -2.14. The molecule has 1 N–H and O–H groups in total. The molecule has 0 unspecified atom stereocenters. The molecule has 0 aliphatic heterocycles. The molecule has 0 saturated heterocycles. The molecule has 1 aromatic heterocycles. The number of carbonyl (C=O) groups excluding carboxylic acids is 1. The Kier molecular flexibility index (Phi) is 3.81. The fraction of sp³-hybridized carbons (Fsp3) is 0.0909. The highest BCUT2D eigenvalue weighted by Gasteiger charge is 2.11. The van der Waals surface area contributed by atoms with Crippen LogP contribution in [-0.4, -0.2) is 21.0 Å². The summed E-state index contributed by atoms with van der Waals surface area (Å²) in [6.45, 7) is 0. The SMILES string of the molecule is O=C(CBr)Nc1cccc(Cl)c1-n1cccn1. The van der Waals surface area contributed by atoms with E-state index < -0.39 is 0 Å². The summed E-state index contributed by atoms with van der Waals surface area (Å²) in [4.78, 5) is 11.4. The smallest absolute Gasteiger partial charge is 0.235 e. The second-order valence-corrected chi connectivity index (χ2v) is 4.24. The topological polar surface area (TPSA) is 46.9 Å². The van der Waals surface area contributed by atoms with Gasteiger partial charge in [-0.1, -0.05) is 33.6 Å². The van der Waals surface area contributed by atoms with E-state index in [1.54, 1.807) is 41.3 Å². The number of nitrogens with one attached hydrogen (secondary N) is 1. The number of anilines is 1. The molecule has 2 rings (SSSR count). The van der Waals surface area contributed by atoms with Crippen LogP contribution >= 0.6 is 27.5 Å². The zero-order chi connectivity index (χ0) is 12.3. The van der Waals surface area contributed by atoms with E-state index in [1.807, 2.05) is 0 Å². The molecule has 0 aliphatic carbocycles. The highest BCUT2D eigenvalue weighted by Crippen LogP contribution is 2.27. The summed E-state index contributed by atoms with van der Waals surface area (Å²) in [6.07, 6.45) is 3.42. The molecule has 1 heterocycles. The number of aromatic nitrogens is 2. The lowest BCUT2D eigenvalue weighted by atomic mass is 10.2. The quantitative estimate of drug-likeness (QED) is 0.886. The van der Waals surface area contributed by atoms with E-state index in [0.29, 0.717) is 16.4 Å². The number of para-hydroxylation sites is 1. The largest absolute Gasteiger partial charge is 0.323 e. The highest BCUT2D eigenvalue weighted by atomic mass is 79.9. The summed E-state index contributed by atoms with van der Waals surface area (Å²) in [5, 5.41) is 7.63. The molecule has 88 valence electrons. The Bertz CT molecular complexity index is 528. The molecule has 17 heavy (non-hydrogen) atoms. The first-order chi connectivity index (χ1) is 8.22. The Labute approximate surface area is 112 Å². The lowest BCUT2D eigenvalue weighted by molar-refractivity contribution is -0.113. The third kappa shape index (κ3) is 2.68. The molecule has 1 aromatic carbocycles. The van der Waals surface area contributed by atoms with Gasteiger partial charge in [-0.2, -0.15) is 5.10 Å². The van der Waals surface area contributed by atoms with Gasteiger partial charge in [-0.25, -0.2) is 4.68 Å². The van der Waals surface area contributed by atoms with Crippen molar-refractivity contribution in [1.29, 1.82) is 0 Å². The van der Waals surface area contributed by atoms with Gasteiger partial charge in [-0.05, 0) is 18.2 Å². The first-order valence-electron chi connectivity index (χ1n) is 4.86. The Hall–Kier alpha value is -1.33. The van der Waals surface area contributed by atoms with Crippen LogP contribution in [-0.2, 0) is 4.79 Å². The van der Waals surface area contributed by atoms with E-state index in [9.17, 15) is 4.79 Å². The van der Waals surface area contributed by atoms with Crippen molar-refractivity contribution in [2.24, 2.45) is 0 Å². The van der Waals surface area contributed by atoms with Gasteiger partial charge in [0.15, 0.2) is 0 Å². The van der Waals surface area contributed by atoms with Crippen LogP contribution in [0.15, 0.2) is 36.7 Å². The minimum Gasteiger partial charge on any atom is -0.323 e. The van der Waals surface area contributed by atoms with E-state index >= 15 is 0 Å². The molecule has 0 spiro atoms. The van der Waals surface area contributed by atoms with E-state index in [2.05, 4.69) is 26.3 Å². The van der Waals surface area contributed by atoms with Gasteiger partial charge in [0.05, 0.1) is 16.0 Å². The molecule has 0 saturated carbocycles. The predicted molar refractivity (Wildman–Crippen MR) is 71.0 cm³/mol. The van der Waals surface area contributed by atoms with E-state index in [1.165, 1.54) is 0 Å². The number of halogens is 2. The van der Waals surface area contributed by atoms with Gasteiger partial charge in [0.2, 0.25) is 5.91 Å². The van der Waals surface area contributed by atoms with Gasteiger partial charge in [-0.15, -0.1) is 0 Å². The first kappa shape index (κ1) is 12.1. The van der Waals surface area contributed by atoms with Gasteiger partial charge in [-0.3, -0.25) is 4.79 Å². The molecule has 0 atom stereocenters. The molecule has 6 heteroatoms. The van der Waals surface area contributed by atoms with Crippen molar-refractivity contribution < 1.29 is 4.79 Å². The van der Waals surface area contributed by atoms with Crippen molar-refractivity contribution >= 4 is 39.1 Å². The average Bonchev–Trinajstić information content (AvgIpc) is 2.82. The number of hydrogen-bond donors (Lipinski definition) is 1. The number of benzene rings is 1. The van der Waals surface area contributed by atoms with Crippen LogP contribution in [0, 0.1) is 0 Å². The van der Waals surface area contributed by atoms with Crippen LogP contribution in [0.1, 0.15) is 0 Å². The summed E-state index contributed by atoms with van der Waals surface area (Å²) >= 11 is 9.22. The number of alkyl halides is 1. The molecule has 0 aliphatic rings. The van der Waals surface area contributed by atoms with Crippen LogP contribution in [0.5, 0.6) is 0 Å². The maximum absolute atomic E-state index is 11.4. The van der Waals surface area contributed by atoms with Crippen LogP contribution < -0.4 is 5.32 Å². The maximum atomic E-state index is 11.4. The second kappa shape index (κ2) is 5.33. The van der Waals surface area contributed by atoms with E-state index in [0.717, 1.165) is 0 Å². The molecule has 1 amide bonds. The standard InChI is InChI=1S/C11H9BrClN3O/c12-7-10(17)15-9-4-1-3-8(13)11(9)16-6-2-5-14-16/h1-6H,7H2,(H,15,17). The average molecular weight is 315 g/mol. The maximum Gasteiger partial charge on any atom is 0.235 e. The zero-order valence-corrected chi connectivity index (χ0v) is 11.1. The molecule has 0 bridgehead atoms. The molecule has 0 fully saturated rings. The highest BCUT2D eigenvalue weighted by molar-refractivity contribution is 9.09. The Morgan fingerprint density at radius 2 is 2.29 bits per heavy atom. The predicted octanol–water partition coefficient (Wildman–Crippen LogP) is 2.86. The number of hydrogen-bond acceptors (Lipinski definition) is 2. The van der Waals surface area contributed by atoms with Gasteiger partial charge < -0.3 is 5.32 Å². The van der Waals surface area contributed by atoms with Gasteiger partial charge >= 0.3 is 0 Å². The van der Waals surface area contributed by atoms with Crippen LogP contribution in [0.2, 0.25) is 5.02 Å². The fourth-order valence-corrected chi connectivity index (χ4v) is 1.84. The zero-order valence-electron chi connectivity index (χ0n) is 8.73. The Morgan fingerprint density at radius 1 is 1.47 bits per heavy atom. The molecule has 4 nitrogen and oxygen atoms in total. The van der Waals surface area contributed by atoms with E-state index in [-0.39, 0.29) is 11.2 Å². The van der Waals surface area contributed by atoms with Crippen molar-refractivity contribution in [3.05, 3.63) is 41.7 Å². The fourth-order valence-electron chi connectivity index (χ4n) is 1.43. The number of nitrogens with zero attached hydrogens (tertiary/aromatic N) is 2. The normalized spacial score (nSPS) is 10.2. The van der Waals surface area contributed by atoms with Crippen LogP contribution in [0.3, 0.4) is 0 Å². The lowest BCUT2D eigenvalue weighted by Gasteiger charge is -2.11. The van der Waals surface area contributed by atoms with Crippen molar-refractivity contribution in [2.45, 2.75) is 0 Å². The third-order valence-electron chi connectivity index (χ3n) is 2.12. The van der Waals surface area contributed by atoms with E-state index in [4.69, 9.17) is 11.6 Å². The number of rotatable bonds is 3. The van der Waals surface area contributed by atoms with Gasteiger partial charge in [0.25, 0.3) is 0 Å². The minimum absolute atomic E-state index is 0.138. The first-order valence-corrected chi connectivity index (χ1v) is 6.36. The number of amides is 1. The summed E-state index contributed by atoms with van der Waals surface area (Å²) in [5.41, 5.74) is 1.29. The summed E-state index contributed by atoms with van der Waals surface area (Å²) in [6, 6.07) is 7.10. The minimum atomic E-state index is -0.138. The molecular formula is C11H9BrClN3O. The monoisotopic (exact) mass is 313 g/mol. The van der Waals surface area contributed by atoms with Gasteiger partial charge in [0, 0.05) is 12.4 Å². The summed E-state index contributed by atoms with van der Waals surface area (Å²) < 4.78 is 1.62. The molecule has 0 radical (unpaired) electrons. The third-order valence-corrected chi connectivity index (χ3v) is 2.93. The Morgan fingerprint density at radius 3 is 2.94 bits per heavy atom. The second-order valence-electron chi connectivity index (χ2n) is 3.27. The number of carbonyl (C=O) groups is 1. The summed E-state index contributed by atoms with van der Waals surface area (Å²) in [5.74, 6) is -0.138. The van der Waals surface area contributed by atoms with Gasteiger partial charge in [0.1, 0.15) is 5.69 Å². The molecule has 2 aromatic rings. The molecular weight excluding hydrogens is 305 g/mol. The van der Waals surface area contributed by atoms with Crippen molar-refractivity contribution in [1.82, 2.24) is 9.78 Å².